The first-order valence-electron chi connectivity index (χ1n) is 7.79. The van der Waals surface area contributed by atoms with E-state index in [1.54, 1.807) is 0 Å². The molecule has 6 nitrogen and oxygen atoms in total. The average molecular weight is 332 g/mol. The lowest BCUT2D eigenvalue weighted by atomic mass is 9.90. The van der Waals surface area contributed by atoms with Crippen LogP contribution >= 0.6 is 11.6 Å². The fourth-order valence-corrected chi connectivity index (χ4v) is 3.59. The molecule has 1 unspecified atom stereocenters. The smallest absolute Gasteiger partial charge is 0.256 e. The largest absolute Gasteiger partial charge is 0.385 e. The van der Waals surface area contributed by atoms with Crippen LogP contribution in [0, 0.1) is 0 Å². The second-order valence-corrected chi connectivity index (χ2v) is 6.42. The molecule has 0 bridgehead atoms. The molecule has 120 valence electrons. The molecular formula is C16H18ClN5O. The van der Waals surface area contributed by atoms with Crippen LogP contribution in [-0.4, -0.2) is 28.8 Å². The van der Waals surface area contributed by atoms with Crippen molar-refractivity contribution in [1.29, 1.82) is 0 Å². The van der Waals surface area contributed by atoms with Gasteiger partial charge in [-0.05, 0) is 43.1 Å². The fraction of sp³-hybridized carbons (Fsp3) is 0.375. The molecular weight excluding hydrogens is 314 g/mol. The number of nitrogens with zero attached hydrogens (tertiary/aromatic N) is 2. The number of hydrogen-bond donors (Lipinski definition) is 3. The van der Waals surface area contributed by atoms with Gasteiger partial charge < -0.3 is 16.4 Å². The Morgan fingerprint density at radius 3 is 3.09 bits per heavy atom. The molecule has 0 spiro atoms. The highest BCUT2D eigenvalue weighted by atomic mass is 35.5. The average Bonchev–Trinajstić information content (AvgIpc) is 2.91. The first-order chi connectivity index (χ1) is 11.1. The number of rotatable bonds is 1. The number of carbonyl (C=O) groups is 1. The Morgan fingerprint density at radius 1 is 1.39 bits per heavy atom. The van der Waals surface area contributed by atoms with E-state index in [9.17, 15) is 4.79 Å². The van der Waals surface area contributed by atoms with E-state index in [0.29, 0.717) is 23.8 Å². The van der Waals surface area contributed by atoms with Gasteiger partial charge in [0.05, 0.1) is 11.6 Å². The van der Waals surface area contributed by atoms with Gasteiger partial charge in [-0.1, -0.05) is 11.6 Å². The van der Waals surface area contributed by atoms with Crippen LogP contribution in [0.4, 0.5) is 11.5 Å². The minimum atomic E-state index is -0.276. The van der Waals surface area contributed by atoms with E-state index in [-0.39, 0.29) is 11.8 Å². The van der Waals surface area contributed by atoms with Gasteiger partial charge in [0.25, 0.3) is 5.91 Å². The Kier molecular flexibility index (Phi) is 3.50. The standard InChI is InChI=1S/C16H18ClN5O/c17-9-1-2-13-12(7-9)10(4-6-20-13)16(23)22-15(18)11-3-5-19-8-14(11)21-22/h1-2,7,10,19-20H,3-6,8,18H2. The molecule has 0 saturated carbocycles. The Balaban J connectivity index is 1.74. The third-order valence-electron chi connectivity index (χ3n) is 4.59. The molecule has 0 fully saturated rings. The quantitative estimate of drug-likeness (QED) is 0.744. The molecule has 2 aliphatic rings. The minimum Gasteiger partial charge on any atom is -0.385 e. The zero-order valence-corrected chi connectivity index (χ0v) is 13.4. The summed E-state index contributed by atoms with van der Waals surface area (Å²) in [6.07, 6.45) is 1.51. The summed E-state index contributed by atoms with van der Waals surface area (Å²) in [6, 6.07) is 5.60. The Labute approximate surface area is 139 Å². The molecule has 0 amide bonds. The summed E-state index contributed by atoms with van der Waals surface area (Å²) in [5, 5.41) is 11.6. The first kappa shape index (κ1) is 14.5. The topological polar surface area (TPSA) is 85.0 Å². The monoisotopic (exact) mass is 331 g/mol. The molecule has 0 radical (unpaired) electrons. The van der Waals surface area contributed by atoms with Crippen LogP contribution in [0.1, 0.15) is 34.0 Å². The van der Waals surface area contributed by atoms with Crippen LogP contribution in [0.25, 0.3) is 0 Å². The van der Waals surface area contributed by atoms with E-state index < -0.39 is 0 Å². The number of nitrogens with two attached hydrogens (primary N) is 1. The van der Waals surface area contributed by atoms with E-state index in [1.807, 2.05) is 18.2 Å². The zero-order valence-electron chi connectivity index (χ0n) is 12.6. The number of hydrogen-bond acceptors (Lipinski definition) is 5. The van der Waals surface area contributed by atoms with E-state index in [1.165, 1.54) is 4.68 Å². The van der Waals surface area contributed by atoms with Gasteiger partial charge in [-0.3, -0.25) is 4.79 Å². The van der Waals surface area contributed by atoms with Crippen molar-refractivity contribution in [3.63, 3.8) is 0 Å². The SMILES string of the molecule is Nc1c2c(nn1C(=O)C1CCNc3ccc(Cl)cc31)CNCC2. The predicted octanol–water partition coefficient (Wildman–Crippen LogP) is 2.00. The van der Waals surface area contributed by atoms with Crippen molar-refractivity contribution in [3.8, 4) is 0 Å². The summed E-state index contributed by atoms with van der Waals surface area (Å²) in [5.41, 5.74) is 9.94. The fourth-order valence-electron chi connectivity index (χ4n) is 3.41. The van der Waals surface area contributed by atoms with Gasteiger partial charge >= 0.3 is 0 Å². The molecule has 1 atom stereocenters. The van der Waals surface area contributed by atoms with E-state index in [0.717, 1.165) is 42.0 Å². The lowest BCUT2D eigenvalue weighted by molar-refractivity contribution is 0.0859. The number of anilines is 2. The lowest BCUT2D eigenvalue weighted by Crippen LogP contribution is -2.28. The van der Waals surface area contributed by atoms with Gasteiger partial charge in [0, 0.05) is 29.4 Å². The van der Waals surface area contributed by atoms with Crippen molar-refractivity contribution in [1.82, 2.24) is 15.1 Å². The second-order valence-electron chi connectivity index (χ2n) is 5.99. The molecule has 4 rings (SSSR count). The highest BCUT2D eigenvalue weighted by Crippen LogP contribution is 2.35. The van der Waals surface area contributed by atoms with E-state index >= 15 is 0 Å². The second kappa shape index (κ2) is 5.54. The van der Waals surface area contributed by atoms with Crippen molar-refractivity contribution in [2.24, 2.45) is 0 Å². The normalized spacial score (nSPS) is 19.6. The molecule has 3 heterocycles. The number of benzene rings is 1. The van der Waals surface area contributed by atoms with Crippen LogP contribution in [-0.2, 0) is 13.0 Å². The molecule has 2 aromatic rings. The summed E-state index contributed by atoms with van der Waals surface area (Å²) in [6.45, 7) is 2.27. The Bertz CT molecular complexity index is 785. The third kappa shape index (κ3) is 2.38. The van der Waals surface area contributed by atoms with Gasteiger partial charge in [0.15, 0.2) is 0 Å². The van der Waals surface area contributed by atoms with Gasteiger partial charge in [0.1, 0.15) is 5.82 Å². The van der Waals surface area contributed by atoms with Crippen LogP contribution in [0.5, 0.6) is 0 Å². The lowest BCUT2D eigenvalue weighted by Gasteiger charge is -2.26. The summed E-state index contributed by atoms with van der Waals surface area (Å²) in [7, 11) is 0. The number of carbonyl (C=O) groups excluding carboxylic acids is 1. The Hall–Kier alpha value is -2.05. The van der Waals surface area contributed by atoms with Crippen molar-refractivity contribution in [2.75, 3.05) is 24.1 Å². The molecule has 2 aliphatic heterocycles. The van der Waals surface area contributed by atoms with Crippen LogP contribution in [0.2, 0.25) is 5.02 Å². The molecule has 1 aromatic carbocycles. The molecule has 1 aromatic heterocycles. The summed E-state index contributed by atoms with van der Waals surface area (Å²) >= 11 is 6.11. The molecule has 23 heavy (non-hydrogen) atoms. The number of aromatic nitrogens is 2. The highest BCUT2D eigenvalue weighted by Gasteiger charge is 2.31. The van der Waals surface area contributed by atoms with Gasteiger partial charge in [-0.25, -0.2) is 0 Å². The van der Waals surface area contributed by atoms with Crippen molar-refractivity contribution in [2.45, 2.75) is 25.3 Å². The van der Waals surface area contributed by atoms with E-state index in [4.69, 9.17) is 17.3 Å². The zero-order chi connectivity index (χ0) is 16.0. The van der Waals surface area contributed by atoms with Crippen LogP contribution in [0.3, 0.4) is 0 Å². The first-order valence-corrected chi connectivity index (χ1v) is 8.17. The maximum absolute atomic E-state index is 13.0. The number of fused-ring (bicyclic) bond motifs is 2. The maximum atomic E-state index is 13.0. The Morgan fingerprint density at radius 2 is 2.26 bits per heavy atom. The summed E-state index contributed by atoms with van der Waals surface area (Å²) in [4.78, 5) is 13.0. The highest BCUT2D eigenvalue weighted by molar-refractivity contribution is 6.30. The molecule has 7 heteroatoms. The number of nitrogen functional groups attached to an aromatic ring is 1. The molecule has 0 aliphatic carbocycles. The third-order valence-corrected chi connectivity index (χ3v) is 4.83. The van der Waals surface area contributed by atoms with Crippen molar-refractivity contribution in [3.05, 3.63) is 40.0 Å². The van der Waals surface area contributed by atoms with Gasteiger partial charge in [-0.2, -0.15) is 9.78 Å². The number of nitrogens with one attached hydrogen (secondary N) is 2. The number of halogens is 1. The summed E-state index contributed by atoms with van der Waals surface area (Å²) < 4.78 is 1.39. The van der Waals surface area contributed by atoms with E-state index in [2.05, 4.69) is 15.7 Å². The maximum Gasteiger partial charge on any atom is 0.256 e. The summed E-state index contributed by atoms with van der Waals surface area (Å²) in [5.74, 6) is 0.122. The van der Waals surface area contributed by atoms with Crippen molar-refractivity contribution >= 4 is 29.0 Å². The van der Waals surface area contributed by atoms with Crippen LogP contribution in [0.15, 0.2) is 18.2 Å². The van der Waals surface area contributed by atoms with Gasteiger partial charge in [-0.15, -0.1) is 0 Å². The van der Waals surface area contributed by atoms with Crippen molar-refractivity contribution < 1.29 is 4.79 Å². The minimum absolute atomic E-state index is 0.0816. The molecule has 0 saturated heterocycles. The van der Waals surface area contributed by atoms with Gasteiger partial charge in [0.2, 0.25) is 0 Å². The molecule has 4 N–H and O–H groups in total. The van der Waals surface area contributed by atoms with Crippen LogP contribution < -0.4 is 16.4 Å². The predicted molar refractivity (Wildman–Crippen MR) is 90.0 cm³/mol.